The molecule has 1 aliphatic carbocycles. The van der Waals surface area contributed by atoms with Crippen LogP contribution in [0.5, 0.6) is 5.75 Å². The molecule has 4 rings (SSSR count). The Morgan fingerprint density at radius 1 is 1.03 bits per heavy atom. The van der Waals surface area contributed by atoms with E-state index in [0.29, 0.717) is 56.1 Å². The number of aromatic amines is 1. The van der Waals surface area contributed by atoms with E-state index >= 15 is 0 Å². The molecule has 1 aromatic heterocycles. The minimum atomic E-state index is -0.186. The molecule has 1 amide bonds. The molecule has 9 heteroatoms. The molecule has 0 bridgehead atoms. The third kappa shape index (κ3) is 6.93. The molecule has 2 aromatic carbocycles. The molecule has 194 valence electrons. The Kier molecular flexibility index (Phi) is 9.49. The van der Waals surface area contributed by atoms with Gasteiger partial charge in [0.05, 0.1) is 4.70 Å². The molecule has 0 saturated heterocycles. The highest BCUT2D eigenvalue weighted by molar-refractivity contribution is 7.16. The Balaban J connectivity index is 1.20. The molecule has 0 aliphatic heterocycles. The van der Waals surface area contributed by atoms with Gasteiger partial charge in [-0.3, -0.25) is 9.59 Å². The Hall–Kier alpha value is -2.75. The van der Waals surface area contributed by atoms with Gasteiger partial charge in [0.1, 0.15) is 17.1 Å². The van der Waals surface area contributed by atoms with Crippen molar-refractivity contribution in [2.75, 3.05) is 32.7 Å². The number of fused-ring (bicyclic) bond motifs is 1. The Morgan fingerprint density at radius 2 is 1.75 bits per heavy atom. The third-order valence-corrected chi connectivity index (χ3v) is 7.83. The normalized spacial score (nSPS) is 14.0. The topological polar surface area (TPSA) is 97.5 Å². The minimum Gasteiger partial charge on any atom is -0.506 e. The smallest absolute Gasteiger partial charge is 0.305 e. The van der Waals surface area contributed by atoms with E-state index in [1.165, 1.54) is 18.9 Å². The molecule has 0 radical (unpaired) electrons. The van der Waals surface area contributed by atoms with Crippen molar-refractivity contribution in [2.24, 2.45) is 0 Å². The number of aromatic nitrogens is 1. The van der Waals surface area contributed by atoms with Gasteiger partial charge in [0, 0.05) is 32.1 Å². The maximum absolute atomic E-state index is 13.7. The van der Waals surface area contributed by atoms with Gasteiger partial charge in [-0.1, -0.05) is 48.4 Å². The van der Waals surface area contributed by atoms with Crippen molar-refractivity contribution in [1.29, 1.82) is 0 Å². The molecule has 1 fully saturated rings. The SMILES string of the molecule is O=C(CCNCCc1ccccc1F)N(CCNCCc1ccc(O)c2[nH]c(=O)sc12)C1CCCC1. The van der Waals surface area contributed by atoms with Crippen molar-refractivity contribution in [3.05, 3.63) is 63.0 Å². The zero-order chi connectivity index (χ0) is 25.3. The number of carbonyl (C=O) groups is 1. The second kappa shape index (κ2) is 13.0. The number of phenols is 1. The summed E-state index contributed by atoms with van der Waals surface area (Å²) in [5.74, 6) is 0.0703. The first-order chi connectivity index (χ1) is 17.5. The predicted octanol–water partition coefficient (Wildman–Crippen LogP) is 3.56. The number of halogens is 1. The van der Waals surface area contributed by atoms with Gasteiger partial charge >= 0.3 is 4.87 Å². The van der Waals surface area contributed by atoms with Gasteiger partial charge in [0.15, 0.2) is 0 Å². The van der Waals surface area contributed by atoms with Gasteiger partial charge < -0.3 is 25.6 Å². The van der Waals surface area contributed by atoms with Crippen LogP contribution in [0.15, 0.2) is 41.2 Å². The predicted molar refractivity (Wildman–Crippen MR) is 142 cm³/mol. The molecule has 0 spiro atoms. The second-order valence-electron chi connectivity index (χ2n) is 9.33. The van der Waals surface area contributed by atoms with Gasteiger partial charge in [-0.2, -0.15) is 0 Å². The number of hydrogen-bond acceptors (Lipinski definition) is 6. The van der Waals surface area contributed by atoms with Crippen molar-refractivity contribution >= 4 is 27.5 Å². The van der Waals surface area contributed by atoms with E-state index in [4.69, 9.17) is 0 Å². The van der Waals surface area contributed by atoms with Crippen LogP contribution in [0, 0.1) is 5.82 Å². The van der Waals surface area contributed by atoms with E-state index in [1.807, 2.05) is 17.0 Å². The van der Waals surface area contributed by atoms with Gasteiger partial charge in [-0.25, -0.2) is 4.39 Å². The standard InChI is InChI=1S/C27H35FN4O3S/c28-22-8-4-1-5-19(22)11-14-29-16-13-24(34)32(21-6-2-3-7-21)18-17-30-15-12-20-9-10-23(33)25-26(20)36-27(35)31-25/h1,4-5,8-10,21,29-30,33H,2-3,6-7,11-18H2,(H,31,35). The fourth-order valence-corrected chi connectivity index (χ4v) is 5.83. The first-order valence-corrected chi connectivity index (χ1v) is 13.6. The van der Waals surface area contributed by atoms with Crippen LogP contribution in [-0.4, -0.2) is 59.7 Å². The third-order valence-electron chi connectivity index (χ3n) is 6.87. The average Bonchev–Trinajstić information content (AvgIpc) is 3.54. The van der Waals surface area contributed by atoms with Gasteiger partial charge in [-0.15, -0.1) is 0 Å². The van der Waals surface area contributed by atoms with Crippen molar-refractivity contribution < 1.29 is 14.3 Å². The van der Waals surface area contributed by atoms with Crippen LogP contribution in [0.1, 0.15) is 43.2 Å². The fourth-order valence-electron chi connectivity index (χ4n) is 4.93. The Morgan fingerprint density at radius 3 is 2.53 bits per heavy atom. The molecule has 0 unspecified atom stereocenters. The lowest BCUT2D eigenvalue weighted by Crippen LogP contribution is -2.44. The molecule has 4 N–H and O–H groups in total. The maximum atomic E-state index is 13.7. The average molecular weight is 515 g/mol. The Bertz CT molecular complexity index is 1210. The summed E-state index contributed by atoms with van der Waals surface area (Å²) in [6.07, 6.45) is 6.22. The number of aromatic hydroxyl groups is 1. The highest BCUT2D eigenvalue weighted by atomic mass is 32.1. The van der Waals surface area contributed by atoms with E-state index in [9.17, 15) is 19.1 Å². The maximum Gasteiger partial charge on any atom is 0.305 e. The number of amides is 1. The second-order valence-corrected chi connectivity index (χ2v) is 10.3. The monoisotopic (exact) mass is 514 g/mol. The van der Waals surface area contributed by atoms with Crippen molar-refractivity contribution in [2.45, 2.75) is 51.0 Å². The van der Waals surface area contributed by atoms with E-state index in [1.54, 1.807) is 18.2 Å². The van der Waals surface area contributed by atoms with Crippen molar-refractivity contribution in [3.8, 4) is 5.75 Å². The van der Waals surface area contributed by atoms with Crippen LogP contribution in [0.25, 0.3) is 10.2 Å². The zero-order valence-electron chi connectivity index (χ0n) is 20.5. The van der Waals surface area contributed by atoms with E-state index in [2.05, 4.69) is 15.6 Å². The number of benzene rings is 2. The van der Waals surface area contributed by atoms with E-state index in [-0.39, 0.29) is 22.3 Å². The number of H-pyrrole nitrogens is 1. The molecular formula is C27H35FN4O3S. The van der Waals surface area contributed by atoms with Gasteiger partial charge in [0.2, 0.25) is 5.91 Å². The lowest BCUT2D eigenvalue weighted by molar-refractivity contribution is -0.133. The quantitative estimate of drug-likeness (QED) is 0.262. The van der Waals surface area contributed by atoms with Crippen LogP contribution >= 0.6 is 11.3 Å². The van der Waals surface area contributed by atoms with Crippen LogP contribution in [-0.2, 0) is 17.6 Å². The number of nitrogens with zero attached hydrogens (tertiary/aromatic N) is 1. The fraction of sp³-hybridized carbons (Fsp3) is 0.481. The van der Waals surface area contributed by atoms with Gasteiger partial charge in [-0.05, 0) is 62.0 Å². The molecule has 7 nitrogen and oxygen atoms in total. The highest BCUT2D eigenvalue weighted by Gasteiger charge is 2.25. The van der Waals surface area contributed by atoms with E-state index < -0.39 is 0 Å². The largest absolute Gasteiger partial charge is 0.506 e. The molecule has 0 atom stereocenters. The summed E-state index contributed by atoms with van der Waals surface area (Å²) in [6, 6.07) is 10.6. The van der Waals surface area contributed by atoms with Gasteiger partial charge in [0.25, 0.3) is 0 Å². The zero-order valence-corrected chi connectivity index (χ0v) is 21.3. The molecule has 36 heavy (non-hydrogen) atoms. The highest BCUT2D eigenvalue weighted by Crippen LogP contribution is 2.28. The van der Waals surface area contributed by atoms with Crippen LogP contribution < -0.4 is 15.5 Å². The van der Waals surface area contributed by atoms with Crippen LogP contribution in [0.2, 0.25) is 0 Å². The Labute approximate surface area is 214 Å². The molecule has 1 aliphatic rings. The lowest BCUT2D eigenvalue weighted by atomic mass is 10.1. The lowest BCUT2D eigenvalue weighted by Gasteiger charge is -2.29. The molecule has 1 saturated carbocycles. The summed E-state index contributed by atoms with van der Waals surface area (Å²) < 4.78 is 14.5. The van der Waals surface area contributed by atoms with Crippen molar-refractivity contribution in [1.82, 2.24) is 20.5 Å². The summed E-state index contributed by atoms with van der Waals surface area (Å²) in [7, 11) is 0. The molecule has 3 aromatic rings. The minimum absolute atomic E-state index is 0.0903. The first-order valence-electron chi connectivity index (χ1n) is 12.8. The summed E-state index contributed by atoms with van der Waals surface area (Å²) >= 11 is 1.12. The summed E-state index contributed by atoms with van der Waals surface area (Å²) in [5.41, 5.74) is 2.21. The number of rotatable bonds is 13. The first kappa shape index (κ1) is 26.3. The number of phenolic OH excluding ortho intramolecular Hbond substituents is 1. The molecule has 1 heterocycles. The number of thiazole rings is 1. The summed E-state index contributed by atoms with van der Waals surface area (Å²) in [6.45, 7) is 3.31. The summed E-state index contributed by atoms with van der Waals surface area (Å²) in [4.78, 5) is 29.3. The summed E-state index contributed by atoms with van der Waals surface area (Å²) in [5, 5.41) is 16.7. The van der Waals surface area contributed by atoms with Crippen LogP contribution in [0.4, 0.5) is 4.39 Å². The number of hydrogen-bond donors (Lipinski definition) is 4. The van der Waals surface area contributed by atoms with Crippen molar-refractivity contribution in [3.63, 3.8) is 0 Å². The van der Waals surface area contributed by atoms with E-state index in [0.717, 1.165) is 47.4 Å². The number of carbonyl (C=O) groups excluding carboxylic acids is 1. The number of nitrogens with one attached hydrogen (secondary N) is 3. The van der Waals surface area contributed by atoms with Crippen LogP contribution in [0.3, 0.4) is 0 Å². The molecular weight excluding hydrogens is 479 g/mol.